The molecule has 2 unspecified atom stereocenters. The van der Waals surface area contributed by atoms with Crippen LogP contribution in [0.4, 0.5) is 0 Å². The molecule has 1 rings (SSSR count). The van der Waals surface area contributed by atoms with Gasteiger partial charge < -0.3 is 37.0 Å². The molecular weight excluding hydrogens is 360 g/mol. The molecule has 1 aromatic rings. The molecule has 0 saturated heterocycles. The van der Waals surface area contributed by atoms with E-state index >= 15 is 0 Å². The monoisotopic (exact) mass is 382 g/mol. The number of phenolic OH excluding ortho intramolecular Hbond substituents is 1. The van der Waals surface area contributed by atoms with Crippen LogP contribution in [0.15, 0.2) is 24.3 Å². The second-order valence-corrected chi connectivity index (χ2v) is 5.55. The first-order chi connectivity index (χ1) is 12.8. The highest BCUT2D eigenvalue weighted by Crippen LogP contribution is 2.11. The fourth-order valence-electron chi connectivity index (χ4n) is 2.05. The Balaban J connectivity index is 2.56. The van der Waals surface area contributed by atoms with Crippen molar-refractivity contribution in [3.05, 3.63) is 29.8 Å². The lowest BCUT2D eigenvalue weighted by Gasteiger charge is -2.17. The van der Waals surface area contributed by atoms with Gasteiger partial charge >= 0.3 is 5.97 Å². The maximum atomic E-state index is 11.9. The Bertz CT molecular complexity index is 678. The molecule has 0 spiro atoms. The van der Waals surface area contributed by atoms with E-state index in [4.69, 9.17) is 10.8 Å². The number of carbonyl (C=O) groups excluding carboxylic acids is 3. The number of nitrogens with one attached hydrogen (secondary N) is 3. The van der Waals surface area contributed by atoms with Crippen LogP contribution in [0.1, 0.15) is 5.56 Å². The summed E-state index contributed by atoms with van der Waals surface area (Å²) in [6, 6.07) is 3.30. The summed E-state index contributed by atoms with van der Waals surface area (Å²) in [6.07, 6.45) is -0.0267. The fraction of sp³-hybridized carbons (Fsp3) is 0.375. The maximum absolute atomic E-state index is 11.9. The number of aliphatic carboxylic acids is 1. The van der Waals surface area contributed by atoms with Crippen molar-refractivity contribution >= 4 is 23.7 Å². The highest BCUT2D eigenvalue weighted by Gasteiger charge is 2.23. The van der Waals surface area contributed by atoms with Crippen molar-refractivity contribution in [2.24, 2.45) is 5.73 Å². The van der Waals surface area contributed by atoms with Gasteiger partial charge in [-0.05, 0) is 17.7 Å². The maximum Gasteiger partial charge on any atom is 0.326 e. The predicted molar refractivity (Wildman–Crippen MR) is 92.5 cm³/mol. The Hall–Kier alpha value is -3.18. The molecule has 11 heteroatoms. The lowest BCUT2D eigenvalue weighted by Crippen LogP contribution is -2.53. The first kappa shape index (κ1) is 21.9. The molecule has 0 radical (unpaired) electrons. The van der Waals surface area contributed by atoms with Gasteiger partial charge in [-0.3, -0.25) is 14.4 Å². The van der Waals surface area contributed by atoms with Gasteiger partial charge in [0.2, 0.25) is 17.7 Å². The number of aliphatic hydroxyl groups is 1. The average Bonchev–Trinajstić information content (AvgIpc) is 2.64. The van der Waals surface area contributed by atoms with E-state index < -0.39 is 48.9 Å². The molecule has 0 heterocycles. The van der Waals surface area contributed by atoms with Gasteiger partial charge in [0, 0.05) is 6.42 Å². The highest BCUT2D eigenvalue weighted by molar-refractivity contribution is 5.92. The van der Waals surface area contributed by atoms with Crippen LogP contribution in [0.3, 0.4) is 0 Å². The number of hydrogen-bond donors (Lipinski definition) is 7. The van der Waals surface area contributed by atoms with E-state index in [1.165, 1.54) is 24.3 Å². The van der Waals surface area contributed by atoms with E-state index in [9.17, 15) is 29.4 Å². The average molecular weight is 382 g/mol. The summed E-state index contributed by atoms with van der Waals surface area (Å²) in [5, 5.41) is 34.2. The second kappa shape index (κ2) is 10.7. The minimum Gasteiger partial charge on any atom is -0.508 e. The quantitative estimate of drug-likeness (QED) is 0.223. The van der Waals surface area contributed by atoms with Crippen LogP contribution in [0.2, 0.25) is 0 Å². The Kier molecular flexibility index (Phi) is 8.69. The molecule has 27 heavy (non-hydrogen) atoms. The Morgan fingerprint density at radius 3 is 2.11 bits per heavy atom. The lowest BCUT2D eigenvalue weighted by molar-refractivity contribution is -0.141. The molecule has 0 saturated carbocycles. The number of rotatable bonds is 10. The van der Waals surface area contributed by atoms with Crippen molar-refractivity contribution in [1.29, 1.82) is 0 Å². The largest absolute Gasteiger partial charge is 0.508 e. The van der Waals surface area contributed by atoms with Crippen molar-refractivity contribution in [3.8, 4) is 5.75 Å². The summed E-state index contributed by atoms with van der Waals surface area (Å²) in [5.74, 6) is -3.49. The van der Waals surface area contributed by atoms with Gasteiger partial charge in [0.05, 0.1) is 19.7 Å². The topological polar surface area (TPSA) is 191 Å². The zero-order chi connectivity index (χ0) is 20.4. The molecule has 0 aliphatic heterocycles. The summed E-state index contributed by atoms with van der Waals surface area (Å²) in [5.41, 5.74) is 5.67. The van der Waals surface area contributed by atoms with Crippen LogP contribution in [0.25, 0.3) is 0 Å². The fourth-order valence-corrected chi connectivity index (χ4v) is 2.05. The summed E-state index contributed by atoms with van der Waals surface area (Å²) < 4.78 is 0. The standard InChI is InChI=1S/C16H22N4O7/c17-6-13(23)20-12(8-21)15(25)18-7-14(24)19-11(16(26)27)5-9-1-3-10(22)4-2-9/h1-4,11-12,21-22H,5-8,17H2,(H,18,25)(H,19,24)(H,20,23)(H,26,27). The molecule has 3 amide bonds. The van der Waals surface area contributed by atoms with Gasteiger partial charge in [-0.25, -0.2) is 4.79 Å². The Morgan fingerprint density at radius 2 is 1.59 bits per heavy atom. The minimum absolute atomic E-state index is 0.0255. The van der Waals surface area contributed by atoms with Crippen molar-refractivity contribution in [1.82, 2.24) is 16.0 Å². The number of amides is 3. The van der Waals surface area contributed by atoms with Crippen LogP contribution >= 0.6 is 0 Å². The van der Waals surface area contributed by atoms with E-state index in [1.807, 2.05) is 0 Å². The summed E-state index contributed by atoms with van der Waals surface area (Å²) in [4.78, 5) is 46.2. The number of nitrogens with two attached hydrogens (primary N) is 1. The van der Waals surface area contributed by atoms with Crippen molar-refractivity contribution in [3.63, 3.8) is 0 Å². The summed E-state index contributed by atoms with van der Waals surface area (Å²) in [6.45, 7) is -1.62. The molecule has 8 N–H and O–H groups in total. The molecule has 0 aromatic heterocycles. The molecule has 0 fully saturated rings. The third-order valence-corrected chi connectivity index (χ3v) is 3.45. The predicted octanol–water partition coefficient (Wildman–Crippen LogP) is -2.94. The smallest absolute Gasteiger partial charge is 0.326 e. The van der Waals surface area contributed by atoms with Gasteiger partial charge in [0.1, 0.15) is 17.8 Å². The first-order valence-electron chi connectivity index (χ1n) is 7.94. The van der Waals surface area contributed by atoms with E-state index in [1.54, 1.807) is 0 Å². The molecule has 0 bridgehead atoms. The molecule has 1 aromatic carbocycles. The van der Waals surface area contributed by atoms with Gasteiger partial charge in [0.15, 0.2) is 0 Å². The van der Waals surface area contributed by atoms with Crippen LogP contribution in [0, 0.1) is 0 Å². The third kappa shape index (κ3) is 7.71. The molecule has 148 valence electrons. The molecule has 11 nitrogen and oxygen atoms in total. The van der Waals surface area contributed by atoms with Crippen LogP contribution in [0.5, 0.6) is 5.75 Å². The van der Waals surface area contributed by atoms with Crippen LogP contribution in [-0.4, -0.2) is 70.8 Å². The normalized spacial score (nSPS) is 12.5. The van der Waals surface area contributed by atoms with Gasteiger partial charge in [-0.15, -0.1) is 0 Å². The number of phenols is 1. The molecular formula is C16H22N4O7. The number of aromatic hydroxyl groups is 1. The number of carboxylic acids is 1. The Labute approximate surface area is 154 Å². The van der Waals surface area contributed by atoms with Gasteiger partial charge in [0.25, 0.3) is 0 Å². The van der Waals surface area contributed by atoms with Crippen LogP contribution in [-0.2, 0) is 25.6 Å². The number of carbonyl (C=O) groups is 4. The number of hydrogen-bond acceptors (Lipinski definition) is 7. The number of aliphatic hydroxyl groups excluding tert-OH is 1. The van der Waals surface area contributed by atoms with Crippen molar-refractivity contribution < 1.29 is 34.5 Å². The number of carboxylic acid groups (broad SMARTS) is 1. The summed E-state index contributed by atoms with van der Waals surface area (Å²) in [7, 11) is 0. The lowest BCUT2D eigenvalue weighted by atomic mass is 10.1. The van der Waals surface area contributed by atoms with Crippen LogP contribution < -0.4 is 21.7 Å². The first-order valence-corrected chi connectivity index (χ1v) is 7.94. The van der Waals surface area contributed by atoms with E-state index in [-0.39, 0.29) is 18.7 Å². The van der Waals surface area contributed by atoms with Crippen molar-refractivity contribution in [2.75, 3.05) is 19.7 Å². The third-order valence-electron chi connectivity index (χ3n) is 3.45. The van der Waals surface area contributed by atoms with Gasteiger partial charge in [-0.1, -0.05) is 12.1 Å². The van der Waals surface area contributed by atoms with Crippen molar-refractivity contribution in [2.45, 2.75) is 18.5 Å². The zero-order valence-corrected chi connectivity index (χ0v) is 14.3. The SMILES string of the molecule is NCC(=O)NC(CO)C(=O)NCC(=O)NC(Cc1ccc(O)cc1)C(=O)O. The second-order valence-electron chi connectivity index (χ2n) is 5.55. The molecule has 2 atom stereocenters. The Morgan fingerprint density at radius 1 is 1.00 bits per heavy atom. The highest BCUT2D eigenvalue weighted by atomic mass is 16.4. The number of benzene rings is 1. The van der Waals surface area contributed by atoms with Gasteiger partial charge in [-0.2, -0.15) is 0 Å². The minimum atomic E-state index is -1.28. The van der Waals surface area contributed by atoms with E-state index in [0.717, 1.165) is 0 Å². The molecule has 0 aliphatic carbocycles. The van der Waals surface area contributed by atoms with E-state index in [0.29, 0.717) is 5.56 Å². The molecule has 0 aliphatic rings. The summed E-state index contributed by atoms with van der Waals surface area (Å²) >= 11 is 0. The van der Waals surface area contributed by atoms with E-state index in [2.05, 4.69) is 16.0 Å². The zero-order valence-electron chi connectivity index (χ0n) is 14.3.